The van der Waals surface area contributed by atoms with Gasteiger partial charge in [0, 0.05) is 0 Å². The SMILES string of the molecule is CC(C)c1nc(Cl)nc(Cl)c1N. The van der Waals surface area contributed by atoms with Crippen LogP contribution in [0.15, 0.2) is 0 Å². The molecule has 12 heavy (non-hydrogen) atoms. The van der Waals surface area contributed by atoms with Gasteiger partial charge in [0.1, 0.15) is 0 Å². The molecule has 0 fully saturated rings. The molecule has 66 valence electrons. The van der Waals surface area contributed by atoms with Gasteiger partial charge in [-0.15, -0.1) is 0 Å². The molecule has 5 heteroatoms. The molecule has 0 saturated heterocycles. The van der Waals surface area contributed by atoms with E-state index in [2.05, 4.69) is 9.97 Å². The lowest BCUT2D eigenvalue weighted by Gasteiger charge is -2.08. The Morgan fingerprint density at radius 1 is 1.25 bits per heavy atom. The maximum Gasteiger partial charge on any atom is 0.224 e. The first-order valence-electron chi connectivity index (χ1n) is 3.50. The second-order valence-electron chi connectivity index (χ2n) is 2.74. The van der Waals surface area contributed by atoms with E-state index in [4.69, 9.17) is 28.9 Å². The lowest BCUT2D eigenvalue weighted by atomic mass is 10.1. The van der Waals surface area contributed by atoms with Crippen molar-refractivity contribution in [3.8, 4) is 0 Å². The normalized spacial score (nSPS) is 10.8. The van der Waals surface area contributed by atoms with Crippen LogP contribution in [0.25, 0.3) is 0 Å². The first-order valence-corrected chi connectivity index (χ1v) is 4.26. The van der Waals surface area contributed by atoms with Crippen molar-refractivity contribution in [2.24, 2.45) is 0 Å². The van der Waals surface area contributed by atoms with Gasteiger partial charge in [0.2, 0.25) is 5.28 Å². The Labute approximate surface area is 80.9 Å². The fraction of sp³-hybridized carbons (Fsp3) is 0.429. The maximum atomic E-state index is 5.70. The van der Waals surface area contributed by atoms with Gasteiger partial charge in [-0.2, -0.15) is 0 Å². The van der Waals surface area contributed by atoms with Crippen LogP contribution in [-0.2, 0) is 0 Å². The van der Waals surface area contributed by atoms with E-state index in [9.17, 15) is 0 Å². The predicted molar refractivity (Wildman–Crippen MR) is 50.6 cm³/mol. The smallest absolute Gasteiger partial charge is 0.224 e. The van der Waals surface area contributed by atoms with Gasteiger partial charge >= 0.3 is 0 Å². The summed E-state index contributed by atoms with van der Waals surface area (Å²) >= 11 is 11.3. The molecule has 0 aliphatic rings. The summed E-state index contributed by atoms with van der Waals surface area (Å²) in [7, 11) is 0. The van der Waals surface area contributed by atoms with E-state index in [1.165, 1.54) is 0 Å². The van der Waals surface area contributed by atoms with Crippen LogP contribution in [0.5, 0.6) is 0 Å². The standard InChI is InChI=1S/C7H9Cl2N3/c1-3(2)5-4(10)6(8)12-7(9)11-5/h3H,10H2,1-2H3. The number of aromatic nitrogens is 2. The summed E-state index contributed by atoms with van der Waals surface area (Å²) < 4.78 is 0. The van der Waals surface area contributed by atoms with E-state index >= 15 is 0 Å². The highest BCUT2D eigenvalue weighted by Gasteiger charge is 2.11. The third-order valence-electron chi connectivity index (χ3n) is 1.45. The Bertz CT molecular complexity index is 299. The van der Waals surface area contributed by atoms with Crippen molar-refractivity contribution in [2.75, 3.05) is 5.73 Å². The molecule has 0 aromatic carbocycles. The van der Waals surface area contributed by atoms with Crippen LogP contribution in [0.1, 0.15) is 25.5 Å². The first kappa shape index (κ1) is 9.55. The van der Waals surface area contributed by atoms with E-state index in [1.54, 1.807) is 0 Å². The summed E-state index contributed by atoms with van der Waals surface area (Å²) in [5, 5.41) is 0.358. The number of hydrogen-bond acceptors (Lipinski definition) is 3. The van der Waals surface area contributed by atoms with E-state index < -0.39 is 0 Å². The monoisotopic (exact) mass is 205 g/mol. The lowest BCUT2D eigenvalue weighted by molar-refractivity contribution is 0.819. The molecular weight excluding hydrogens is 197 g/mol. The summed E-state index contributed by atoms with van der Waals surface area (Å²) in [6.45, 7) is 3.93. The van der Waals surface area contributed by atoms with Gasteiger partial charge in [0.05, 0.1) is 11.4 Å². The molecule has 1 aromatic heterocycles. The molecule has 2 N–H and O–H groups in total. The number of nitrogen functional groups attached to an aromatic ring is 1. The Morgan fingerprint density at radius 3 is 2.33 bits per heavy atom. The highest BCUT2D eigenvalue weighted by atomic mass is 35.5. The van der Waals surface area contributed by atoms with Crippen LogP contribution >= 0.6 is 23.2 Å². The highest BCUT2D eigenvalue weighted by Crippen LogP contribution is 2.26. The molecule has 3 nitrogen and oxygen atoms in total. The molecule has 0 aliphatic carbocycles. The predicted octanol–water partition coefficient (Wildman–Crippen LogP) is 2.49. The summed E-state index contributed by atoms with van der Waals surface area (Å²) in [5.41, 5.74) is 6.74. The maximum absolute atomic E-state index is 5.70. The Balaban J connectivity index is 3.28. The largest absolute Gasteiger partial charge is 0.395 e. The van der Waals surface area contributed by atoms with Crippen LogP contribution in [0.4, 0.5) is 5.69 Å². The minimum Gasteiger partial charge on any atom is -0.395 e. The molecule has 0 atom stereocenters. The third kappa shape index (κ3) is 1.79. The molecular formula is C7H9Cl2N3. The topological polar surface area (TPSA) is 51.8 Å². The van der Waals surface area contributed by atoms with Gasteiger partial charge in [-0.3, -0.25) is 0 Å². The van der Waals surface area contributed by atoms with Crippen molar-refractivity contribution in [1.29, 1.82) is 0 Å². The molecule has 0 unspecified atom stereocenters. The van der Waals surface area contributed by atoms with E-state index in [-0.39, 0.29) is 16.4 Å². The quantitative estimate of drug-likeness (QED) is 0.567. The molecule has 1 aromatic rings. The summed E-state index contributed by atoms with van der Waals surface area (Å²) in [5.74, 6) is 0.197. The zero-order valence-corrected chi connectivity index (χ0v) is 8.32. The van der Waals surface area contributed by atoms with Crippen molar-refractivity contribution < 1.29 is 0 Å². The average Bonchev–Trinajstić information content (AvgIpc) is 1.96. The zero-order valence-electron chi connectivity index (χ0n) is 6.81. The van der Waals surface area contributed by atoms with Crippen molar-refractivity contribution >= 4 is 28.9 Å². The van der Waals surface area contributed by atoms with Gasteiger partial charge in [0.15, 0.2) is 5.15 Å². The Kier molecular flexibility index (Phi) is 2.75. The average molecular weight is 206 g/mol. The minimum absolute atomic E-state index is 0.137. The molecule has 1 heterocycles. The second-order valence-corrected chi connectivity index (χ2v) is 3.43. The van der Waals surface area contributed by atoms with Crippen LogP contribution in [0, 0.1) is 0 Å². The van der Waals surface area contributed by atoms with Crippen LogP contribution in [0.2, 0.25) is 10.4 Å². The van der Waals surface area contributed by atoms with Crippen molar-refractivity contribution in [1.82, 2.24) is 9.97 Å². The molecule has 0 amide bonds. The van der Waals surface area contributed by atoms with E-state index in [0.29, 0.717) is 11.4 Å². The lowest BCUT2D eigenvalue weighted by Crippen LogP contribution is -2.03. The highest BCUT2D eigenvalue weighted by molar-refractivity contribution is 6.33. The van der Waals surface area contributed by atoms with Gasteiger partial charge in [-0.1, -0.05) is 25.4 Å². The minimum atomic E-state index is 0.137. The number of hydrogen-bond donors (Lipinski definition) is 1. The van der Waals surface area contributed by atoms with Gasteiger partial charge in [-0.05, 0) is 17.5 Å². The molecule has 0 bridgehead atoms. The van der Waals surface area contributed by atoms with Crippen LogP contribution < -0.4 is 5.73 Å². The first-order chi connectivity index (χ1) is 5.52. The number of halogens is 2. The number of anilines is 1. The van der Waals surface area contributed by atoms with Crippen molar-refractivity contribution in [3.05, 3.63) is 16.1 Å². The van der Waals surface area contributed by atoms with Crippen LogP contribution in [-0.4, -0.2) is 9.97 Å². The van der Waals surface area contributed by atoms with Gasteiger partial charge in [0.25, 0.3) is 0 Å². The Morgan fingerprint density at radius 2 is 1.83 bits per heavy atom. The summed E-state index contributed by atoms with van der Waals surface area (Å²) in [4.78, 5) is 7.69. The molecule has 0 aliphatic heterocycles. The molecule has 1 rings (SSSR count). The van der Waals surface area contributed by atoms with Gasteiger partial charge < -0.3 is 5.73 Å². The van der Waals surface area contributed by atoms with Crippen molar-refractivity contribution in [2.45, 2.75) is 19.8 Å². The zero-order chi connectivity index (χ0) is 9.30. The van der Waals surface area contributed by atoms with Crippen LogP contribution in [0.3, 0.4) is 0 Å². The fourth-order valence-corrected chi connectivity index (χ4v) is 1.27. The van der Waals surface area contributed by atoms with E-state index in [0.717, 1.165) is 0 Å². The van der Waals surface area contributed by atoms with Crippen molar-refractivity contribution in [3.63, 3.8) is 0 Å². The molecule has 0 saturated carbocycles. The summed E-state index contributed by atoms with van der Waals surface area (Å²) in [6, 6.07) is 0. The third-order valence-corrected chi connectivity index (χ3v) is 1.91. The second kappa shape index (κ2) is 3.46. The number of rotatable bonds is 1. The summed E-state index contributed by atoms with van der Waals surface area (Å²) in [6.07, 6.45) is 0. The molecule has 0 spiro atoms. The fourth-order valence-electron chi connectivity index (χ4n) is 0.872. The number of nitrogens with zero attached hydrogens (tertiary/aromatic N) is 2. The number of nitrogens with two attached hydrogens (primary N) is 1. The van der Waals surface area contributed by atoms with Gasteiger partial charge in [-0.25, -0.2) is 9.97 Å². The Hall–Kier alpha value is -0.540. The van der Waals surface area contributed by atoms with E-state index in [1.807, 2.05) is 13.8 Å². The molecule has 0 radical (unpaired) electrons.